The predicted octanol–water partition coefficient (Wildman–Crippen LogP) is 11.1. The molecule has 3 unspecified atom stereocenters. The molecule has 8 aromatic rings. The summed E-state index contributed by atoms with van der Waals surface area (Å²) in [4.78, 5) is 0. The lowest BCUT2D eigenvalue weighted by atomic mass is 9.94. The molecule has 10 rings (SSSR count). The summed E-state index contributed by atoms with van der Waals surface area (Å²) in [6, 6.07) is 46.7. The Labute approximate surface area is 289 Å². The van der Waals surface area contributed by atoms with Crippen molar-refractivity contribution in [3.63, 3.8) is 0 Å². The minimum Gasteiger partial charge on any atom is -0.310 e. The molecule has 2 N–H and O–H groups in total. The minimum absolute atomic E-state index is 0.0125. The Bertz CT molecular complexity index is 2600. The molecule has 1 saturated heterocycles. The molecule has 1 aliphatic heterocycles. The largest absolute Gasteiger partial charge is 0.310 e. The van der Waals surface area contributed by atoms with Crippen LogP contribution in [0, 0.1) is 5.92 Å². The summed E-state index contributed by atoms with van der Waals surface area (Å²) in [6.07, 6.45) is 7.78. The summed E-state index contributed by atoms with van der Waals surface area (Å²) in [5, 5.41) is 14.3. The molecule has 0 bridgehead atoms. The number of hydrazine groups is 1. The van der Waals surface area contributed by atoms with Crippen LogP contribution in [0.5, 0.6) is 0 Å². The average Bonchev–Trinajstić information content (AvgIpc) is 3.84. The standard InChI is InChI=1S/C44H36N4S/c1-28-13-12-14-29(25-28)27-47-44(45-43(46-47)31-17-6-3-7-18-31)48-37-21-10-8-19-33(37)40-36-26-35(30-15-4-2-5-16-30)42-41(32(36)23-24-38(40)48)34-20-9-11-22-39(34)49-42/h2-24,26,28,43-46H,25,27H2,1H3. The summed E-state index contributed by atoms with van der Waals surface area (Å²) in [6.45, 7) is 3.13. The van der Waals surface area contributed by atoms with Crippen molar-refractivity contribution < 1.29 is 0 Å². The van der Waals surface area contributed by atoms with E-state index in [4.69, 9.17) is 0 Å². The van der Waals surface area contributed by atoms with Crippen LogP contribution in [0.2, 0.25) is 0 Å². The zero-order valence-electron chi connectivity index (χ0n) is 27.3. The van der Waals surface area contributed by atoms with Crippen LogP contribution in [0.1, 0.15) is 31.4 Å². The number of fused-ring (bicyclic) bond motifs is 9. The Balaban J connectivity index is 1.24. The van der Waals surface area contributed by atoms with Crippen LogP contribution in [-0.2, 0) is 0 Å². The maximum absolute atomic E-state index is 4.01. The van der Waals surface area contributed by atoms with Gasteiger partial charge < -0.3 is 4.57 Å². The van der Waals surface area contributed by atoms with Gasteiger partial charge in [-0.3, -0.25) is 5.32 Å². The molecule has 0 amide bonds. The van der Waals surface area contributed by atoms with E-state index in [1.54, 1.807) is 0 Å². The fourth-order valence-electron chi connectivity index (χ4n) is 8.23. The molecule has 6 aromatic carbocycles. The quantitative estimate of drug-likeness (QED) is 0.194. The SMILES string of the molecule is CC1C=CC=C(CN2NC(c3ccccc3)NC2n2c3ccccc3c3c4cc(-c5ccccc5)c5sc6ccccc6c5c4ccc32)C1. The molecule has 49 heavy (non-hydrogen) atoms. The molecule has 3 atom stereocenters. The second kappa shape index (κ2) is 11.5. The number of hydrogen-bond donors (Lipinski definition) is 2. The number of nitrogens with one attached hydrogen (secondary N) is 2. The van der Waals surface area contributed by atoms with E-state index < -0.39 is 0 Å². The molecule has 5 heteroatoms. The van der Waals surface area contributed by atoms with Gasteiger partial charge >= 0.3 is 0 Å². The third-order valence-electron chi connectivity index (χ3n) is 10.4. The number of aromatic nitrogens is 1. The van der Waals surface area contributed by atoms with E-state index in [-0.39, 0.29) is 12.5 Å². The highest BCUT2D eigenvalue weighted by molar-refractivity contribution is 7.26. The first-order valence-corrected chi connectivity index (χ1v) is 18.1. The monoisotopic (exact) mass is 652 g/mol. The van der Waals surface area contributed by atoms with E-state index >= 15 is 0 Å². The lowest BCUT2D eigenvalue weighted by Gasteiger charge is -2.28. The molecule has 1 aliphatic carbocycles. The van der Waals surface area contributed by atoms with Gasteiger partial charge in [-0.2, -0.15) is 0 Å². The highest BCUT2D eigenvalue weighted by Crippen LogP contribution is 2.47. The highest BCUT2D eigenvalue weighted by atomic mass is 32.1. The third-order valence-corrected chi connectivity index (χ3v) is 11.6. The van der Waals surface area contributed by atoms with Crippen molar-refractivity contribution in [1.82, 2.24) is 20.3 Å². The molecular formula is C44H36N4S. The van der Waals surface area contributed by atoms with Crippen molar-refractivity contribution in [2.45, 2.75) is 25.8 Å². The number of nitrogens with zero attached hydrogens (tertiary/aromatic N) is 2. The molecule has 0 saturated carbocycles. The van der Waals surface area contributed by atoms with Gasteiger partial charge in [0.2, 0.25) is 0 Å². The Morgan fingerprint density at radius 3 is 2.31 bits per heavy atom. The van der Waals surface area contributed by atoms with E-state index in [9.17, 15) is 0 Å². The summed E-state index contributed by atoms with van der Waals surface area (Å²) >= 11 is 1.91. The number of thiophene rings is 1. The van der Waals surface area contributed by atoms with Crippen molar-refractivity contribution in [3.05, 3.63) is 157 Å². The summed E-state index contributed by atoms with van der Waals surface area (Å²) < 4.78 is 5.21. The first-order valence-electron chi connectivity index (χ1n) is 17.3. The van der Waals surface area contributed by atoms with E-state index in [1.165, 1.54) is 75.0 Å². The van der Waals surface area contributed by atoms with Crippen molar-refractivity contribution in [2.75, 3.05) is 6.54 Å². The molecule has 3 heterocycles. The normalized spacial score (nSPS) is 19.9. The van der Waals surface area contributed by atoms with Gasteiger partial charge in [-0.15, -0.1) is 11.3 Å². The van der Waals surface area contributed by atoms with Crippen molar-refractivity contribution in [2.24, 2.45) is 5.92 Å². The second-order valence-corrected chi connectivity index (χ2v) is 14.6. The van der Waals surface area contributed by atoms with E-state index in [2.05, 4.69) is 173 Å². The van der Waals surface area contributed by atoms with Crippen LogP contribution < -0.4 is 10.7 Å². The van der Waals surface area contributed by atoms with E-state index in [1.807, 2.05) is 11.3 Å². The highest BCUT2D eigenvalue weighted by Gasteiger charge is 2.35. The number of allylic oxidation sites excluding steroid dienone is 3. The van der Waals surface area contributed by atoms with Crippen molar-refractivity contribution in [1.29, 1.82) is 0 Å². The molecule has 4 nitrogen and oxygen atoms in total. The smallest absolute Gasteiger partial charge is 0.156 e. The van der Waals surface area contributed by atoms with Gasteiger partial charge in [0.15, 0.2) is 6.29 Å². The van der Waals surface area contributed by atoms with Crippen molar-refractivity contribution in [3.8, 4) is 11.1 Å². The molecule has 0 radical (unpaired) electrons. The predicted molar refractivity (Wildman–Crippen MR) is 207 cm³/mol. The van der Waals surface area contributed by atoms with Gasteiger partial charge in [0, 0.05) is 43.1 Å². The molecular weight excluding hydrogens is 617 g/mol. The van der Waals surface area contributed by atoms with Gasteiger partial charge in [0.1, 0.15) is 0 Å². The zero-order chi connectivity index (χ0) is 32.5. The van der Waals surface area contributed by atoms with Crippen LogP contribution in [-0.4, -0.2) is 16.1 Å². The second-order valence-electron chi connectivity index (χ2n) is 13.6. The molecule has 1 fully saturated rings. The Morgan fingerprint density at radius 1 is 0.714 bits per heavy atom. The first-order chi connectivity index (χ1) is 24.2. The number of benzene rings is 6. The third kappa shape index (κ3) is 4.69. The Morgan fingerprint density at radius 2 is 1.47 bits per heavy atom. The van der Waals surface area contributed by atoms with Gasteiger partial charge in [0.25, 0.3) is 0 Å². The first kappa shape index (κ1) is 28.9. The van der Waals surface area contributed by atoms with Crippen molar-refractivity contribution >= 4 is 64.1 Å². The Hall–Kier alpha value is -5.04. The maximum atomic E-state index is 4.01. The average molecular weight is 653 g/mol. The number of hydrogen-bond acceptors (Lipinski definition) is 4. The van der Waals surface area contributed by atoms with Crippen LogP contribution in [0.15, 0.2) is 151 Å². The van der Waals surface area contributed by atoms with Gasteiger partial charge in [-0.25, -0.2) is 10.4 Å². The summed E-state index contributed by atoms with van der Waals surface area (Å²) in [7, 11) is 0. The lowest BCUT2D eigenvalue weighted by Crippen LogP contribution is -2.38. The number of rotatable bonds is 5. The summed E-state index contributed by atoms with van der Waals surface area (Å²) in [5.74, 6) is 0.544. The van der Waals surface area contributed by atoms with E-state index in [0.29, 0.717) is 5.92 Å². The molecule has 238 valence electrons. The zero-order valence-corrected chi connectivity index (χ0v) is 28.1. The molecule has 0 spiro atoms. The number of para-hydroxylation sites is 1. The van der Waals surface area contributed by atoms with Gasteiger partial charge in [-0.05, 0) is 58.5 Å². The van der Waals surface area contributed by atoms with Crippen LogP contribution >= 0.6 is 11.3 Å². The van der Waals surface area contributed by atoms with Crippen LogP contribution in [0.4, 0.5) is 0 Å². The minimum atomic E-state index is -0.105. The topological polar surface area (TPSA) is 32.2 Å². The fraction of sp³-hybridized carbons (Fsp3) is 0.136. The van der Waals surface area contributed by atoms with E-state index in [0.717, 1.165) is 13.0 Å². The molecule has 2 aliphatic rings. The fourth-order valence-corrected chi connectivity index (χ4v) is 9.49. The van der Waals surface area contributed by atoms with Gasteiger partial charge in [0.05, 0.1) is 17.2 Å². The Kier molecular flexibility index (Phi) is 6.81. The van der Waals surface area contributed by atoms with Crippen LogP contribution in [0.3, 0.4) is 0 Å². The molecule has 2 aromatic heterocycles. The lowest BCUT2D eigenvalue weighted by molar-refractivity contribution is 0.145. The van der Waals surface area contributed by atoms with Crippen LogP contribution in [0.25, 0.3) is 63.9 Å². The van der Waals surface area contributed by atoms with Gasteiger partial charge in [-0.1, -0.05) is 134 Å². The summed E-state index contributed by atoms with van der Waals surface area (Å²) in [5.41, 5.74) is 11.6. The maximum Gasteiger partial charge on any atom is 0.156 e.